The number of hydrogen-bond acceptors (Lipinski definition) is 8. The molecule has 0 aliphatic heterocycles. The average Bonchev–Trinajstić information content (AvgIpc) is 2.54. The van der Waals surface area contributed by atoms with Crippen LogP contribution >= 0.6 is 0 Å². The molecule has 0 saturated carbocycles. The fraction of sp³-hybridized carbons (Fsp3) is 0.429. The third-order valence-electron chi connectivity index (χ3n) is 2.12. The van der Waals surface area contributed by atoms with E-state index in [1.165, 1.54) is 6.92 Å². The summed E-state index contributed by atoms with van der Waals surface area (Å²) in [6.07, 6.45) is -0.461. The summed E-state index contributed by atoms with van der Waals surface area (Å²) in [5.74, 6) is -1.26. The Morgan fingerprint density at radius 1 is 0.792 bits per heavy atom. The highest BCUT2D eigenvalue weighted by Crippen LogP contribution is 1.87. The SMILES string of the molecule is C=CC(=O)OCCOC(=O)NC(C)NC(=O)OCCOC(=O)C=C. The third kappa shape index (κ3) is 11.6. The summed E-state index contributed by atoms with van der Waals surface area (Å²) in [5, 5.41) is 4.60. The fourth-order valence-electron chi connectivity index (χ4n) is 1.14. The van der Waals surface area contributed by atoms with Crippen molar-refractivity contribution in [1.29, 1.82) is 0 Å². The Bertz CT molecular complexity index is 435. The first-order chi connectivity index (χ1) is 11.4. The van der Waals surface area contributed by atoms with Gasteiger partial charge in [0, 0.05) is 12.2 Å². The van der Waals surface area contributed by atoms with Crippen LogP contribution < -0.4 is 10.6 Å². The van der Waals surface area contributed by atoms with Crippen molar-refractivity contribution in [3.63, 3.8) is 0 Å². The van der Waals surface area contributed by atoms with Crippen molar-refractivity contribution in [1.82, 2.24) is 10.6 Å². The maximum atomic E-state index is 11.4. The zero-order valence-corrected chi connectivity index (χ0v) is 13.2. The quantitative estimate of drug-likeness (QED) is 0.190. The summed E-state index contributed by atoms with van der Waals surface area (Å²) in [6.45, 7) is 7.33. The van der Waals surface area contributed by atoms with Crippen LogP contribution in [0.15, 0.2) is 25.3 Å². The predicted octanol–water partition coefficient (Wildman–Crippen LogP) is 0.243. The van der Waals surface area contributed by atoms with E-state index in [-0.39, 0.29) is 26.4 Å². The van der Waals surface area contributed by atoms with Gasteiger partial charge in [-0.1, -0.05) is 13.2 Å². The minimum atomic E-state index is -0.822. The zero-order valence-electron chi connectivity index (χ0n) is 13.2. The van der Waals surface area contributed by atoms with Gasteiger partial charge in [0.15, 0.2) is 0 Å². The van der Waals surface area contributed by atoms with Crippen LogP contribution in [0.3, 0.4) is 0 Å². The van der Waals surface area contributed by atoms with Gasteiger partial charge in [0.1, 0.15) is 32.6 Å². The van der Waals surface area contributed by atoms with Crippen molar-refractivity contribution in [2.24, 2.45) is 0 Å². The van der Waals surface area contributed by atoms with Gasteiger partial charge < -0.3 is 29.6 Å². The van der Waals surface area contributed by atoms with E-state index in [0.717, 1.165) is 12.2 Å². The Morgan fingerprint density at radius 3 is 1.46 bits per heavy atom. The summed E-state index contributed by atoms with van der Waals surface area (Å²) in [6, 6.07) is 0. The smallest absolute Gasteiger partial charge is 0.408 e. The van der Waals surface area contributed by atoms with Crippen LogP contribution in [-0.4, -0.2) is 56.7 Å². The number of carbonyl (C=O) groups is 4. The highest BCUT2D eigenvalue weighted by Gasteiger charge is 2.12. The molecule has 24 heavy (non-hydrogen) atoms. The van der Waals surface area contributed by atoms with E-state index in [1.807, 2.05) is 0 Å². The first kappa shape index (κ1) is 21.0. The third-order valence-corrected chi connectivity index (χ3v) is 2.12. The van der Waals surface area contributed by atoms with E-state index in [2.05, 4.69) is 33.3 Å². The predicted molar refractivity (Wildman–Crippen MR) is 80.7 cm³/mol. The van der Waals surface area contributed by atoms with E-state index in [4.69, 9.17) is 9.47 Å². The van der Waals surface area contributed by atoms with Crippen molar-refractivity contribution in [2.45, 2.75) is 13.1 Å². The molecule has 0 aliphatic carbocycles. The molecule has 0 fully saturated rings. The van der Waals surface area contributed by atoms with Gasteiger partial charge in [-0.25, -0.2) is 19.2 Å². The van der Waals surface area contributed by atoms with E-state index in [1.54, 1.807) is 0 Å². The largest absolute Gasteiger partial charge is 0.459 e. The van der Waals surface area contributed by atoms with E-state index >= 15 is 0 Å². The van der Waals surface area contributed by atoms with Gasteiger partial charge in [-0.15, -0.1) is 0 Å². The monoisotopic (exact) mass is 344 g/mol. The summed E-state index contributed by atoms with van der Waals surface area (Å²) >= 11 is 0. The van der Waals surface area contributed by atoms with Gasteiger partial charge in [0.2, 0.25) is 0 Å². The maximum absolute atomic E-state index is 11.4. The highest BCUT2D eigenvalue weighted by atomic mass is 16.6. The van der Waals surface area contributed by atoms with Crippen LogP contribution in [0.1, 0.15) is 6.92 Å². The van der Waals surface area contributed by atoms with Gasteiger partial charge in [-0.3, -0.25) is 0 Å². The first-order valence-corrected chi connectivity index (χ1v) is 6.84. The van der Waals surface area contributed by atoms with Crippen molar-refractivity contribution in [3.05, 3.63) is 25.3 Å². The molecule has 0 unspecified atom stereocenters. The lowest BCUT2D eigenvalue weighted by atomic mass is 10.5. The molecule has 0 aromatic carbocycles. The van der Waals surface area contributed by atoms with Gasteiger partial charge in [0.25, 0.3) is 0 Å². The molecule has 0 aromatic rings. The topological polar surface area (TPSA) is 129 Å². The normalized spacial score (nSPS) is 9.42. The summed E-state index contributed by atoms with van der Waals surface area (Å²) in [7, 11) is 0. The number of amides is 2. The molecule has 10 nitrogen and oxygen atoms in total. The molecule has 0 rings (SSSR count). The molecule has 0 saturated heterocycles. The number of nitrogens with one attached hydrogen (secondary N) is 2. The molecule has 0 spiro atoms. The van der Waals surface area contributed by atoms with Gasteiger partial charge >= 0.3 is 24.1 Å². The van der Waals surface area contributed by atoms with Gasteiger partial charge in [-0.05, 0) is 6.92 Å². The number of esters is 2. The molecule has 2 N–H and O–H groups in total. The molecule has 2 amide bonds. The minimum Gasteiger partial charge on any atom is -0.459 e. The van der Waals surface area contributed by atoms with Crippen LogP contribution in [0.4, 0.5) is 9.59 Å². The number of alkyl carbamates (subject to hydrolysis) is 2. The van der Waals surface area contributed by atoms with Gasteiger partial charge in [-0.2, -0.15) is 0 Å². The molecule has 0 bridgehead atoms. The van der Waals surface area contributed by atoms with Crippen molar-refractivity contribution in [3.8, 4) is 0 Å². The maximum Gasteiger partial charge on any atom is 0.408 e. The number of hydrogen-bond donors (Lipinski definition) is 2. The van der Waals surface area contributed by atoms with Crippen LogP contribution in [0.25, 0.3) is 0 Å². The summed E-state index contributed by atoms with van der Waals surface area (Å²) in [4.78, 5) is 44.2. The van der Waals surface area contributed by atoms with Crippen molar-refractivity contribution < 1.29 is 38.1 Å². The Balaban J connectivity index is 3.76. The molecule has 134 valence electrons. The van der Waals surface area contributed by atoms with Crippen molar-refractivity contribution >= 4 is 24.1 Å². The Kier molecular flexibility index (Phi) is 10.9. The van der Waals surface area contributed by atoms with Crippen LogP contribution in [0.5, 0.6) is 0 Å². The van der Waals surface area contributed by atoms with Crippen LogP contribution in [0.2, 0.25) is 0 Å². The lowest BCUT2D eigenvalue weighted by Crippen LogP contribution is -2.46. The molecule has 0 radical (unpaired) electrons. The molecule has 0 aliphatic rings. The molecule has 0 heterocycles. The van der Waals surface area contributed by atoms with Crippen LogP contribution in [0, 0.1) is 0 Å². The van der Waals surface area contributed by atoms with E-state index < -0.39 is 30.3 Å². The Morgan fingerprint density at radius 2 is 1.12 bits per heavy atom. The highest BCUT2D eigenvalue weighted by molar-refractivity contribution is 5.81. The van der Waals surface area contributed by atoms with Crippen molar-refractivity contribution in [2.75, 3.05) is 26.4 Å². The number of carbonyl (C=O) groups excluding carboxylic acids is 4. The summed E-state index contributed by atoms with van der Waals surface area (Å²) < 4.78 is 18.6. The average molecular weight is 344 g/mol. The Hall–Kier alpha value is -3.04. The lowest BCUT2D eigenvalue weighted by molar-refractivity contribution is -0.139. The van der Waals surface area contributed by atoms with Crippen LogP contribution in [-0.2, 0) is 28.5 Å². The van der Waals surface area contributed by atoms with E-state index in [9.17, 15) is 19.2 Å². The standard InChI is InChI=1S/C14H20N2O8/c1-4-11(17)21-6-8-23-13(19)15-10(3)16-14(20)24-9-7-22-12(18)5-2/h4-5,10H,1-2,6-9H2,3H3,(H,15,19)(H,16,20). The second-order valence-corrected chi connectivity index (χ2v) is 4.03. The second-order valence-electron chi connectivity index (χ2n) is 4.03. The number of ether oxygens (including phenoxy) is 4. The first-order valence-electron chi connectivity index (χ1n) is 6.84. The summed E-state index contributed by atoms with van der Waals surface area (Å²) in [5.41, 5.74) is 0. The van der Waals surface area contributed by atoms with Gasteiger partial charge in [0.05, 0.1) is 0 Å². The molecular weight excluding hydrogens is 324 g/mol. The molecule has 0 atom stereocenters. The molecule has 10 heteroatoms. The lowest BCUT2D eigenvalue weighted by Gasteiger charge is -2.15. The number of rotatable bonds is 10. The van der Waals surface area contributed by atoms with E-state index in [0.29, 0.717) is 0 Å². The second kappa shape index (κ2) is 12.5. The molecule has 0 aromatic heterocycles. The fourth-order valence-corrected chi connectivity index (χ4v) is 1.14. The Labute approximate surface area is 138 Å². The molecular formula is C14H20N2O8. The minimum absolute atomic E-state index is 0.119. The zero-order chi connectivity index (χ0) is 18.4.